The van der Waals surface area contributed by atoms with Gasteiger partial charge in [0, 0.05) is 20.1 Å². The van der Waals surface area contributed by atoms with E-state index in [4.69, 9.17) is 4.74 Å². The molecule has 0 saturated carbocycles. The molecule has 1 atom stereocenters. The Morgan fingerprint density at radius 1 is 1.11 bits per heavy atom. The number of fused-ring (bicyclic) bond motifs is 1. The summed E-state index contributed by atoms with van der Waals surface area (Å²) in [5.74, 6) is -0.404. The average molecular weight is 367 g/mol. The number of H-pyrrole nitrogens is 1. The van der Waals surface area contributed by atoms with Crippen molar-refractivity contribution in [2.45, 2.75) is 12.5 Å². The number of hydrogen-bond acceptors (Lipinski definition) is 4. The van der Waals surface area contributed by atoms with E-state index in [0.29, 0.717) is 24.1 Å². The average Bonchev–Trinajstić information content (AvgIpc) is 2.68. The fourth-order valence-electron chi connectivity index (χ4n) is 2.99. The number of aromatic nitrogens is 2. The summed E-state index contributed by atoms with van der Waals surface area (Å²) >= 11 is 0. The number of carbonyl (C=O) groups is 1. The topological polar surface area (TPSA) is 93.2 Å². The van der Waals surface area contributed by atoms with Crippen LogP contribution >= 0.6 is 0 Å². The molecule has 0 saturated heterocycles. The summed E-state index contributed by atoms with van der Waals surface area (Å²) < 4.78 is 5.95. The number of amides is 1. The molecule has 0 aliphatic rings. The summed E-state index contributed by atoms with van der Waals surface area (Å²) in [4.78, 5) is 41.1. The summed E-state index contributed by atoms with van der Waals surface area (Å²) in [6, 6.07) is 15.1. The second-order valence-corrected chi connectivity index (χ2v) is 6.14. The number of hydrogen-bond donors (Lipinski definition) is 2. The molecule has 1 unspecified atom stereocenters. The van der Waals surface area contributed by atoms with Crippen LogP contribution in [0.25, 0.3) is 10.9 Å². The van der Waals surface area contributed by atoms with Gasteiger partial charge in [-0.05, 0) is 17.7 Å². The van der Waals surface area contributed by atoms with Gasteiger partial charge in [-0.3, -0.25) is 9.59 Å². The number of nitrogens with zero attached hydrogens (tertiary/aromatic N) is 1. The first-order chi connectivity index (χ1) is 13.1. The van der Waals surface area contributed by atoms with E-state index < -0.39 is 23.2 Å². The second kappa shape index (κ2) is 8.46. The SMILES string of the molecule is COCCNC(=O)C(Cc1ccccc1)n1c(=O)[nH]c2ccccc2c1=O. The second-order valence-electron chi connectivity index (χ2n) is 6.14. The lowest BCUT2D eigenvalue weighted by Crippen LogP contribution is -2.46. The van der Waals surface area contributed by atoms with Gasteiger partial charge < -0.3 is 15.0 Å². The van der Waals surface area contributed by atoms with E-state index in [-0.39, 0.29) is 6.42 Å². The van der Waals surface area contributed by atoms with Crippen molar-refractivity contribution in [3.05, 3.63) is 81.0 Å². The Morgan fingerprint density at radius 3 is 2.56 bits per heavy atom. The number of rotatable bonds is 7. The van der Waals surface area contributed by atoms with Crippen molar-refractivity contribution in [2.75, 3.05) is 20.3 Å². The molecule has 0 bridgehead atoms. The molecule has 3 aromatic rings. The van der Waals surface area contributed by atoms with Crippen LogP contribution in [0.5, 0.6) is 0 Å². The molecule has 1 heterocycles. The number of aromatic amines is 1. The number of benzene rings is 2. The fraction of sp³-hybridized carbons (Fsp3) is 0.250. The predicted octanol–water partition coefficient (Wildman–Crippen LogP) is 1.24. The molecule has 7 heteroatoms. The van der Waals surface area contributed by atoms with Gasteiger partial charge in [0.25, 0.3) is 5.56 Å². The minimum Gasteiger partial charge on any atom is -0.383 e. The van der Waals surface area contributed by atoms with Crippen LogP contribution in [0.1, 0.15) is 11.6 Å². The summed E-state index contributed by atoms with van der Waals surface area (Å²) in [5.41, 5.74) is 0.199. The zero-order valence-corrected chi connectivity index (χ0v) is 15.0. The van der Waals surface area contributed by atoms with Crippen LogP contribution in [-0.2, 0) is 16.0 Å². The Labute approximate surface area is 155 Å². The van der Waals surface area contributed by atoms with E-state index in [9.17, 15) is 14.4 Å². The van der Waals surface area contributed by atoms with Crippen LogP contribution in [0.3, 0.4) is 0 Å². The maximum absolute atomic E-state index is 13.0. The van der Waals surface area contributed by atoms with E-state index in [1.165, 1.54) is 7.11 Å². The van der Waals surface area contributed by atoms with Gasteiger partial charge in [-0.1, -0.05) is 42.5 Å². The highest BCUT2D eigenvalue weighted by atomic mass is 16.5. The highest BCUT2D eigenvalue weighted by Gasteiger charge is 2.25. The molecule has 27 heavy (non-hydrogen) atoms. The van der Waals surface area contributed by atoms with E-state index >= 15 is 0 Å². The third kappa shape index (κ3) is 4.15. The van der Waals surface area contributed by atoms with Crippen LogP contribution in [-0.4, -0.2) is 35.7 Å². The first-order valence-corrected chi connectivity index (χ1v) is 8.66. The normalized spacial score (nSPS) is 12.0. The summed E-state index contributed by atoms with van der Waals surface area (Å²) in [5, 5.41) is 3.09. The molecule has 7 nitrogen and oxygen atoms in total. The van der Waals surface area contributed by atoms with Crippen LogP contribution in [0, 0.1) is 0 Å². The molecule has 0 spiro atoms. The van der Waals surface area contributed by atoms with Gasteiger partial charge >= 0.3 is 5.69 Å². The van der Waals surface area contributed by atoms with Crippen LogP contribution in [0.15, 0.2) is 64.2 Å². The molecule has 2 N–H and O–H groups in total. The smallest absolute Gasteiger partial charge is 0.329 e. The summed E-state index contributed by atoms with van der Waals surface area (Å²) in [6.07, 6.45) is 0.223. The third-order valence-electron chi connectivity index (χ3n) is 4.33. The third-order valence-corrected chi connectivity index (χ3v) is 4.33. The number of methoxy groups -OCH3 is 1. The number of nitrogens with one attached hydrogen (secondary N) is 2. The van der Waals surface area contributed by atoms with Crippen molar-refractivity contribution in [1.82, 2.24) is 14.9 Å². The first-order valence-electron chi connectivity index (χ1n) is 8.66. The van der Waals surface area contributed by atoms with Gasteiger partial charge in [-0.25, -0.2) is 9.36 Å². The van der Waals surface area contributed by atoms with E-state index in [1.54, 1.807) is 24.3 Å². The molecule has 2 aromatic carbocycles. The lowest BCUT2D eigenvalue weighted by Gasteiger charge is -2.19. The standard InChI is InChI=1S/C20H21N3O4/c1-27-12-11-21-18(24)17(13-14-7-3-2-4-8-14)23-19(25)15-9-5-6-10-16(15)22-20(23)26/h2-10,17H,11-13H2,1H3,(H,21,24)(H,22,26). The Kier molecular flexibility index (Phi) is 5.83. The minimum atomic E-state index is -0.967. The molecule has 0 aliphatic carbocycles. The molecule has 3 rings (SSSR count). The van der Waals surface area contributed by atoms with E-state index in [2.05, 4.69) is 10.3 Å². The molecular formula is C20H21N3O4. The van der Waals surface area contributed by atoms with Crippen LogP contribution < -0.4 is 16.6 Å². The zero-order valence-electron chi connectivity index (χ0n) is 15.0. The quantitative estimate of drug-likeness (QED) is 0.615. The van der Waals surface area contributed by atoms with Gasteiger partial charge in [0.05, 0.1) is 17.5 Å². The number of ether oxygens (including phenoxy) is 1. The molecule has 1 aromatic heterocycles. The van der Waals surface area contributed by atoms with E-state index in [1.807, 2.05) is 30.3 Å². The Balaban J connectivity index is 2.07. The molecular weight excluding hydrogens is 346 g/mol. The van der Waals surface area contributed by atoms with Gasteiger partial charge in [0.1, 0.15) is 6.04 Å². The first kappa shape index (κ1) is 18.6. The van der Waals surface area contributed by atoms with Crippen molar-refractivity contribution in [3.8, 4) is 0 Å². The van der Waals surface area contributed by atoms with E-state index in [0.717, 1.165) is 10.1 Å². The maximum atomic E-state index is 13.0. The summed E-state index contributed by atoms with van der Waals surface area (Å²) in [7, 11) is 1.53. The van der Waals surface area contributed by atoms with Gasteiger partial charge in [-0.2, -0.15) is 0 Å². The van der Waals surface area contributed by atoms with Crippen LogP contribution in [0.4, 0.5) is 0 Å². The minimum absolute atomic E-state index is 0.223. The largest absolute Gasteiger partial charge is 0.383 e. The highest BCUT2D eigenvalue weighted by molar-refractivity contribution is 5.82. The Bertz CT molecular complexity index is 1040. The summed E-state index contributed by atoms with van der Waals surface area (Å²) in [6.45, 7) is 0.633. The van der Waals surface area contributed by atoms with Gasteiger partial charge in [-0.15, -0.1) is 0 Å². The predicted molar refractivity (Wildman–Crippen MR) is 103 cm³/mol. The van der Waals surface area contributed by atoms with Crippen molar-refractivity contribution < 1.29 is 9.53 Å². The highest BCUT2D eigenvalue weighted by Crippen LogP contribution is 2.13. The molecule has 140 valence electrons. The van der Waals surface area contributed by atoms with Gasteiger partial charge in [0.15, 0.2) is 0 Å². The lowest BCUT2D eigenvalue weighted by molar-refractivity contribution is -0.124. The van der Waals surface area contributed by atoms with Gasteiger partial charge in [0.2, 0.25) is 5.91 Å². The number of para-hydroxylation sites is 1. The van der Waals surface area contributed by atoms with Crippen molar-refractivity contribution in [1.29, 1.82) is 0 Å². The lowest BCUT2D eigenvalue weighted by atomic mass is 10.0. The molecule has 0 fully saturated rings. The van der Waals surface area contributed by atoms with Crippen molar-refractivity contribution in [2.24, 2.45) is 0 Å². The maximum Gasteiger partial charge on any atom is 0.329 e. The Morgan fingerprint density at radius 2 is 1.81 bits per heavy atom. The van der Waals surface area contributed by atoms with Crippen molar-refractivity contribution in [3.63, 3.8) is 0 Å². The molecule has 0 aliphatic heterocycles. The van der Waals surface area contributed by atoms with Crippen LogP contribution in [0.2, 0.25) is 0 Å². The molecule has 0 radical (unpaired) electrons. The fourth-order valence-corrected chi connectivity index (χ4v) is 2.99. The monoisotopic (exact) mass is 367 g/mol. The molecule has 1 amide bonds. The number of carbonyl (C=O) groups excluding carboxylic acids is 1. The Hall–Kier alpha value is -3.19. The van der Waals surface area contributed by atoms with Crippen molar-refractivity contribution >= 4 is 16.8 Å². The zero-order chi connectivity index (χ0) is 19.2.